The molecule has 1 aliphatic carbocycles. The molecule has 0 bridgehead atoms. The Kier molecular flexibility index (Phi) is 5.77. The predicted octanol–water partition coefficient (Wildman–Crippen LogP) is 3.07. The monoisotopic (exact) mass is 227 g/mol. The first kappa shape index (κ1) is 14.0. The van der Waals surface area contributed by atoms with Gasteiger partial charge in [0.15, 0.2) is 0 Å². The van der Waals surface area contributed by atoms with Crippen LogP contribution in [0, 0.1) is 17.3 Å². The molecular formula is C14H29NO. The van der Waals surface area contributed by atoms with E-state index in [1.54, 1.807) is 7.11 Å². The molecule has 1 saturated carbocycles. The molecule has 2 heteroatoms. The highest BCUT2D eigenvalue weighted by Crippen LogP contribution is 2.48. The lowest BCUT2D eigenvalue weighted by Gasteiger charge is -2.32. The zero-order chi connectivity index (χ0) is 12.0. The van der Waals surface area contributed by atoms with Gasteiger partial charge >= 0.3 is 0 Å². The Balaban J connectivity index is 2.32. The smallest absolute Gasteiger partial charge is 0.0587 e. The lowest BCUT2D eigenvalue weighted by Crippen LogP contribution is -2.36. The minimum absolute atomic E-state index is 0.517. The maximum absolute atomic E-state index is 5.07. The lowest BCUT2D eigenvalue weighted by atomic mass is 9.76. The molecule has 0 amide bonds. The fourth-order valence-electron chi connectivity index (χ4n) is 2.65. The number of rotatable bonds is 9. The van der Waals surface area contributed by atoms with Gasteiger partial charge in [-0.25, -0.2) is 0 Å². The molecule has 0 saturated heterocycles. The molecule has 1 aliphatic rings. The van der Waals surface area contributed by atoms with E-state index < -0.39 is 0 Å². The quantitative estimate of drug-likeness (QED) is 0.611. The van der Waals surface area contributed by atoms with Crippen LogP contribution in [0.4, 0.5) is 0 Å². The van der Waals surface area contributed by atoms with Gasteiger partial charge in [-0.3, -0.25) is 0 Å². The summed E-state index contributed by atoms with van der Waals surface area (Å²) in [6, 6.07) is 0. The summed E-state index contributed by atoms with van der Waals surface area (Å²) in [5, 5.41) is 3.55. The van der Waals surface area contributed by atoms with Crippen molar-refractivity contribution in [3.63, 3.8) is 0 Å². The molecule has 0 spiro atoms. The SMILES string of the molecule is CCC(C)CC(C)(CNCCOC)C1CC1. The molecule has 0 heterocycles. The molecule has 96 valence electrons. The van der Waals surface area contributed by atoms with E-state index in [4.69, 9.17) is 4.74 Å². The summed E-state index contributed by atoms with van der Waals surface area (Å²) >= 11 is 0. The summed E-state index contributed by atoms with van der Waals surface area (Å²) in [5.74, 6) is 1.83. The maximum atomic E-state index is 5.07. The number of hydrogen-bond acceptors (Lipinski definition) is 2. The molecule has 0 aliphatic heterocycles. The van der Waals surface area contributed by atoms with E-state index in [9.17, 15) is 0 Å². The van der Waals surface area contributed by atoms with E-state index in [1.807, 2.05) is 0 Å². The lowest BCUT2D eigenvalue weighted by molar-refractivity contribution is 0.172. The van der Waals surface area contributed by atoms with Gasteiger partial charge in [0, 0.05) is 20.2 Å². The first-order valence-electron chi connectivity index (χ1n) is 6.82. The molecule has 2 unspecified atom stereocenters. The maximum Gasteiger partial charge on any atom is 0.0587 e. The van der Waals surface area contributed by atoms with Crippen LogP contribution in [0.25, 0.3) is 0 Å². The van der Waals surface area contributed by atoms with E-state index in [0.29, 0.717) is 5.41 Å². The van der Waals surface area contributed by atoms with Crippen molar-refractivity contribution in [2.45, 2.75) is 46.5 Å². The molecule has 0 radical (unpaired) electrons. The average Bonchev–Trinajstić information content (AvgIpc) is 3.08. The van der Waals surface area contributed by atoms with Crippen molar-refractivity contribution in [3.8, 4) is 0 Å². The third-order valence-electron chi connectivity index (χ3n) is 4.09. The highest BCUT2D eigenvalue weighted by Gasteiger charge is 2.41. The van der Waals surface area contributed by atoms with Gasteiger partial charge in [0.05, 0.1) is 6.61 Å². The number of ether oxygens (including phenoxy) is 1. The summed E-state index contributed by atoms with van der Waals surface area (Å²) in [4.78, 5) is 0. The molecular weight excluding hydrogens is 198 g/mol. The Morgan fingerprint density at radius 3 is 2.62 bits per heavy atom. The van der Waals surface area contributed by atoms with Crippen molar-refractivity contribution >= 4 is 0 Å². The van der Waals surface area contributed by atoms with Crippen LogP contribution in [0.3, 0.4) is 0 Å². The van der Waals surface area contributed by atoms with Gasteiger partial charge in [-0.05, 0) is 36.5 Å². The topological polar surface area (TPSA) is 21.3 Å². The summed E-state index contributed by atoms with van der Waals surface area (Å²) in [5.41, 5.74) is 0.517. The van der Waals surface area contributed by atoms with Crippen molar-refractivity contribution in [1.29, 1.82) is 0 Å². The number of nitrogens with one attached hydrogen (secondary N) is 1. The van der Waals surface area contributed by atoms with Crippen molar-refractivity contribution in [2.75, 3.05) is 26.8 Å². The number of hydrogen-bond donors (Lipinski definition) is 1. The zero-order valence-corrected chi connectivity index (χ0v) is 11.5. The number of methoxy groups -OCH3 is 1. The van der Waals surface area contributed by atoms with Gasteiger partial charge in [0.2, 0.25) is 0 Å². The van der Waals surface area contributed by atoms with Crippen molar-refractivity contribution < 1.29 is 4.74 Å². The van der Waals surface area contributed by atoms with Crippen LogP contribution in [0.1, 0.15) is 46.5 Å². The Morgan fingerprint density at radius 1 is 1.44 bits per heavy atom. The van der Waals surface area contributed by atoms with Crippen LogP contribution in [0.5, 0.6) is 0 Å². The van der Waals surface area contributed by atoms with E-state index >= 15 is 0 Å². The van der Waals surface area contributed by atoms with Gasteiger partial charge in [-0.1, -0.05) is 27.2 Å². The first-order valence-corrected chi connectivity index (χ1v) is 6.82. The van der Waals surface area contributed by atoms with Crippen LogP contribution < -0.4 is 5.32 Å². The Morgan fingerprint density at radius 2 is 2.12 bits per heavy atom. The second-order valence-electron chi connectivity index (χ2n) is 5.82. The Bertz CT molecular complexity index is 191. The standard InChI is InChI=1S/C14H29NO/c1-5-12(2)10-14(3,13-6-7-13)11-15-8-9-16-4/h12-13,15H,5-11H2,1-4H3. The normalized spacial score (nSPS) is 21.8. The van der Waals surface area contributed by atoms with Crippen LogP contribution in [-0.4, -0.2) is 26.8 Å². The van der Waals surface area contributed by atoms with Gasteiger partial charge in [-0.2, -0.15) is 0 Å². The van der Waals surface area contributed by atoms with Gasteiger partial charge in [0.25, 0.3) is 0 Å². The van der Waals surface area contributed by atoms with E-state index in [1.165, 1.54) is 25.7 Å². The third kappa shape index (κ3) is 4.42. The van der Waals surface area contributed by atoms with E-state index in [0.717, 1.165) is 31.5 Å². The molecule has 1 N–H and O–H groups in total. The second kappa shape index (κ2) is 6.61. The molecule has 1 rings (SSSR count). The summed E-state index contributed by atoms with van der Waals surface area (Å²) in [6.45, 7) is 10.1. The average molecular weight is 227 g/mol. The van der Waals surface area contributed by atoms with Crippen molar-refractivity contribution in [3.05, 3.63) is 0 Å². The fourth-order valence-corrected chi connectivity index (χ4v) is 2.65. The highest BCUT2D eigenvalue weighted by molar-refractivity contribution is 4.93. The summed E-state index contributed by atoms with van der Waals surface area (Å²) in [7, 11) is 1.76. The Labute approximate surface area is 101 Å². The van der Waals surface area contributed by atoms with Gasteiger partial charge in [-0.15, -0.1) is 0 Å². The third-order valence-corrected chi connectivity index (χ3v) is 4.09. The predicted molar refractivity (Wildman–Crippen MR) is 69.6 cm³/mol. The van der Waals surface area contributed by atoms with E-state index in [2.05, 4.69) is 26.1 Å². The highest BCUT2D eigenvalue weighted by atomic mass is 16.5. The van der Waals surface area contributed by atoms with Crippen LogP contribution in [0.15, 0.2) is 0 Å². The largest absolute Gasteiger partial charge is 0.383 e. The van der Waals surface area contributed by atoms with Crippen LogP contribution >= 0.6 is 0 Å². The molecule has 0 aromatic carbocycles. The van der Waals surface area contributed by atoms with Crippen molar-refractivity contribution in [1.82, 2.24) is 5.32 Å². The minimum Gasteiger partial charge on any atom is -0.383 e. The molecule has 0 aromatic heterocycles. The van der Waals surface area contributed by atoms with Crippen LogP contribution in [0.2, 0.25) is 0 Å². The molecule has 0 aromatic rings. The molecule has 2 atom stereocenters. The van der Waals surface area contributed by atoms with E-state index in [-0.39, 0.29) is 0 Å². The van der Waals surface area contributed by atoms with Gasteiger partial charge < -0.3 is 10.1 Å². The second-order valence-corrected chi connectivity index (χ2v) is 5.82. The fraction of sp³-hybridized carbons (Fsp3) is 1.00. The Hall–Kier alpha value is -0.0800. The van der Waals surface area contributed by atoms with Crippen LogP contribution in [-0.2, 0) is 4.74 Å². The minimum atomic E-state index is 0.517. The summed E-state index contributed by atoms with van der Waals surface area (Å²) in [6.07, 6.45) is 5.56. The molecule has 2 nitrogen and oxygen atoms in total. The zero-order valence-electron chi connectivity index (χ0n) is 11.5. The summed E-state index contributed by atoms with van der Waals surface area (Å²) < 4.78 is 5.07. The van der Waals surface area contributed by atoms with Crippen molar-refractivity contribution in [2.24, 2.45) is 17.3 Å². The first-order chi connectivity index (χ1) is 7.62. The molecule has 16 heavy (non-hydrogen) atoms. The molecule has 1 fully saturated rings. The van der Waals surface area contributed by atoms with Gasteiger partial charge in [0.1, 0.15) is 0 Å².